The van der Waals surface area contributed by atoms with Crippen LogP contribution in [0.15, 0.2) is 30.3 Å². The lowest BCUT2D eigenvalue weighted by Crippen LogP contribution is -2.29. The molecule has 1 aromatic carbocycles. The van der Waals surface area contributed by atoms with E-state index in [9.17, 15) is 4.79 Å². The van der Waals surface area contributed by atoms with Crippen LogP contribution in [0.2, 0.25) is 0 Å². The van der Waals surface area contributed by atoms with Gasteiger partial charge in [-0.2, -0.15) is 0 Å². The monoisotopic (exact) mass is 205 g/mol. The van der Waals surface area contributed by atoms with Gasteiger partial charge in [-0.3, -0.25) is 4.79 Å². The second-order valence-corrected chi connectivity index (χ2v) is 4.20. The first-order valence-electron chi connectivity index (χ1n) is 5.00. The number of epoxide rings is 1. The normalized spacial score (nSPS) is 28.6. The number of hydrogen-bond acceptors (Lipinski definition) is 2. The van der Waals surface area contributed by atoms with Crippen molar-refractivity contribution in [3.8, 4) is 0 Å². The molecule has 80 valence electrons. The Morgan fingerprint density at radius 1 is 1.33 bits per heavy atom. The van der Waals surface area contributed by atoms with Crippen molar-refractivity contribution in [2.75, 3.05) is 14.1 Å². The number of carbonyl (C=O) groups is 1. The fourth-order valence-corrected chi connectivity index (χ4v) is 1.72. The van der Waals surface area contributed by atoms with Crippen molar-refractivity contribution < 1.29 is 9.53 Å². The van der Waals surface area contributed by atoms with Crippen LogP contribution < -0.4 is 0 Å². The van der Waals surface area contributed by atoms with E-state index in [4.69, 9.17) is 4.74 Å². The minimum atomic E-state index is -0.428. The Morgan fingerprint density at radius 2 is 1.93 bits per heavy atom. The number of carbonyl (C=O) groups excluding carboxylic acids is 1. The van der Waals surface area contributed by atoms with Crippen molar-refractivity contribution in [3.05, 3.63) is 35.9 Å². The summed E-state index contributed by atoms with van der Waals surface area (Å²) >= 11 is 0. The fourth-order valence-electron chi connectivity index (χ4n) is 1.72. The van der Waals surface area contributed by atoms with Crippen LogP contribution in [0, 0.1) is 0 Å². The molecule has 15 heavy (non-hydrogen) atoms. The highest BCUT2D eigenvalue weighted by Crippen LogP contribution is 2.46. The van der Waals surface area contributed by atoms with E-state index in [0.29, 0.717) is 0 Å². The van der Waals surface area contributed by atoms with Gasteiger partial charge < -0.3 is 9.64 Å². The van der Waals surface area contributed by atoms with Gasteiger partial charge in [-0.25, -0.2) is 0 Å². The first-order valence-corrected chi connectivity index (χ1v) is 5.00. The highest BCUT2D eigenvalue weighted by Gasteiger charge is 2.58. The van der Waals surface area contributed by atoms with E-state index >= 15 is 0 Å². The van der Waals surface area contributed by atoms with Crippen LogP contribution in [0.3, 0.4) is 0 Å². The molecule has 3 heteroatoms. The van der Waals surface area contributed by atoms with Crippen LogP contribution in [0.5, 0.6) is 0 Å². The smallest absolute Gasteiger partial charge is 0.254 e. The second-order valence-electron chi connectivity index (χ2n) is 4.20. The van der Waals surface area contributed by atoms with Crippen LogP contribution in [-0.2, 0) is 15.1 Å². The third-order valence-corrected chi connectivity index (χ3v) is 2.82. The van der Waals surface area contributed by atoms with Gasteiger partial charge in [-0.05, 0) is 12.5 Å². The fraction of sp³-hybridized carbons (Fsp3) is 0.417. The van der Waals surface area contributed by atoms with Gasteiger partial charge in [0.05, 0.1) is 0 Å². The molecule has 0 unspecified atom stereocenters. The van der Waals surface area contributed by atoms with E-state index in [1.54, 1.807) is 19.0 Å². The maximum Gasteiger partial charge on any atom is 0.254 e. The van der Waals surface area contributed by atoms with Crippen LogP contribution in [0.1, 0.15) is 12.5 Å². The molecule has 0 saturated carbocycles. The first-order chi connectivity index (χ1) is 7.05. The van der Waals surface area contributed by atoms with Crippen molar-refractivity contribution in [2.24, 2.45) is 0 Å². The Balaban J connectivity index is 2.17. The molecule has 1 amide bonds. The topological polar surface area (TPSA) is 32.8 Å². The molecule has 0 spiro atoms. The van der Waals surface area contributed by atoms with E-state index in [1.807, 2.05) is 37.3 Å². The molecule has 1 heterocycles. The lowest BCUT2D eigenvalue weighted by Gasteiger charge is -2.10. The second kappa shape index (κ2) is 3.35. The van der Waals surface area contributed by atoms with Crippen molar-refractivity contribution >= 4 is 5.91 Å². The van der Waals surface area contributed by atoms with Crippen molar-refractivity contribution in [2.45, 2.75) is 18.6 Å². The summed E-state index contributed by atoms with van der Waals surface area (Å²) in [6, 6.07) is 9.85. The predicted octanol–water partition coefficient (Wildman–Crippen LogP) is 1.39. The summed E-state index contributed by atoms with van der Waals surface area (Å²) in [5, 5.41) is 0. The molecule has 1 aliphatic heterocycles. The van der Waals surface area contributed by atoms with Gasteiger partial charge in [0.25, 0.3) is 5.91 Å². The zero-order valence-electron chi connectivity index (χ0n) is 9.23. The van der Waals surface area contributed by atoms with E-state index in [0.717, 1.165) is 5.56 Å². The Labute approximate surface area is 89.7 Å². The summed E-state index contributed by atoms with van der Waals surface area (Å²) in [5.74, 6) is 0.0290. The predicted molar refractivity (Wildman–Crippen MR) is 57.4 cm³/mol. The number of ether oxygens (including phenoxy) is 1. The molecule has 2 rings (SSSR count). The first kappa shape index (κ1) is 10.2. The Hall–Kier alpha value is -1.35. The summed E-state index contributed by atoms with van der Waals surface area (Å²) in [6.07, 6.45) is -0.324. The number of benzene rings is 1. The zero-order valence-corrected chi connectivity index (χ0v) is 9.23. The molecule has 2 atom stereocenters. The molecule has 0 radical (unpaired) electrons. The van der Waals surface area contributed by atoms with Crippen LogP contribution in [0.25, 0.3) is 0 Å². The highest BCUT2D eigenvalue weighted by molar-refractivity contribution is 5.84. The average molecular weight is 205 g/mol. The molecular formula is C12H15NO2. The number of amides is 1. The maximum absolute atomic E-state index is 11.7. The minimum absolute atomic E-state index is 0.0290. The van der Waals surface area contributed by atoms with Crippen molar-refractivity contribution in [3.63, 3.8) is 0 Å². The molecule has 1 fully saturated rings. The quantitative estimate of drug-likeness (QED) is 0.683. The Bertz CT molecular complexity index is 374. The Kier molecular flexibility index (Phi) is 2.27. The highest BCUT2D eigenvalue weighted by atomic mass is 16.6. The molecule has 3 nitrogen and oxygen atoms in total. The average Bonchev–Trinajstić information content (AvgIpc) is 2.92. The lowest BCUT2D eigenvalue weighted by molar-refractivity contribution is -0.130. The molecule has 0 aliphatic carbocycles. The van der Waals surface area contributed by atoms with Gasteiger partial charge in [0.2, 0.25) is 0 Å². The summed E-state index contributed by atoms with van der Waals surface area (Å²) in [6.45, 7) is 1.95. The van der Waals surface area contributed by atoms with Gasteiger partial charge in [0, 0.05) is 14.1 Å². The molecule has 0 N–H and O–H groups in total. The lowest BCUT2D eigenvalue weighted by atomic mass is 9.97. The number of rotatable bonds is 2. The maximum atomic E-state index is 11.7. The largest absolute Gasteiger partial charge is 0.351 e. The zero-order chi connectivity index (χ0) is 11.1. The third kappa shape index (κ3) is 1.63. The summed E-state index contributed by atoms with van der Waals surface area (Å²) in [5.41, 5.74) is 0.632. The number of nitrogens with zero attached hydrogens (tertiary/aromatic N) is 1. The molecule has 1 aliphatic rings. The van der Waals surface area contributed by atoms with E-state index < -0.39 is 5.60 Å². The SMILES string of the molecule is CN(C)C(=O)[C@@H]1O[C@@]1(C)c1ccccc1. The molecule has 1 aromatic rings. The van der Waals surface area contributed by atoms with Crippen LogP contribution >= 0.6 is 0 Å². The summed E-state index contributed by atoms with van der Waals surface area (Å²) < 4.78 is 5.52. The number of likely N-dealkylation sites (N-methyl/N-ethyl adjacent to an activating group) is 1. The molecule has 0 aromatic heterocycles. The number of hydrogen-bond donors (Lipinski definition) is 0. The van der Waals surface area contributed by atoms with Gasteiger partial charge in [-0.1, -0.05) is 30.3 Å². The molecule has 1 saturated heterocycles. The molecule has 0 bridgehead atoms. The summed E-state index contributed by atoms with van der Waals surface area (Å²) in [7, 11) is 3.49. The van der Waals surface area contributed by atoms with E-state index in [1.165, 1.54) is 0 Å². The van der Waals surface area contributed by atoms with E-state index in [-0.39, 0.29) is 12.0 Å². The van der Waals surface area contributed by atoms with E-state index in [2.05, 4.69) is 0 Å². The van der Waals surface area contributed by atoms with Crippen LogP contribution in [0.4, 0.5) is 0 Å². The van der Waals surface area contributed by atoms with Gasteiger partial charge in [-0.15, -0.1) is 0 Å². The van der Waals surface area contributed by atoms with Crippen LogP contribution in [-0.4, -0.2) is 31.0 Å². The minimum Gasteiger partial charge on any atom is -0.351 e. The van der Waals surface area contributed by atoms with Gasteiger partial charge in [0.1, 0.15) is 5.60 Å². The van der Waals surface area contributed by atoms with Crippen molar-refractivity contribution in [1.29, 1.82) is 0 Å². The third-order valence-electron chi connectivity index (χ3n) is 2.82. The van der Waals surface area contributed by atoms with Gasteiger partial charge in [0.15, 0.2) is 6.10 Å². The molecular weight excluding hydrogens is 190 g/mol. The summed E-state index contributed by atoms with van der Waals surface area (Å²) in [4.78, 5) is 13.3. The Morgan fingerprint density at radius 3 is 2.47 bits per heavy atom. The standard InChI is InChI=1S/C12H15NO2/c1-12(9-7-5-4-6-8-9)10(15-12)11(14)13(2)3/h4-8,10H,1-3H3/t10-,12-/m0/s1. The van der Waals surface area contributed by atoms with Crippen molar-refractivity contribution in [1.82, 2.24) is 4.90 Å². The van der Waals surface area contributed by atoms with Gasteiger partial charge >= 0.3 is 0 Å².